The van der Waals surface area contributed by atoms with Crippen LogP contribution in [0.25, 0.3) is 22.3 Å². The van der Waals surface area contributed by atoms with Crippen molar-refractivity contribution in [2.75, 3.05) is 19.0 Å². The SMILES string of the molecule is CCNc1nc(-c2ccc(F)cc2)nc2cc(C(=O)OC)ccc12. The number of halogens is 1. The lowest BCUT2D eigenvalue weighted by atomic mass is 10.1. The van der Waals surface area contributed by atoms with E-state index in [2.05, 4.69) is 15.3 Å². The Balaban J connectivity index is 2.19. The highest BCUT2D eigenvalue weighted by Gasteiger charge is 2.12. The number of ether oxygens (including phenoxy) is 1. The third kappa shape index (κ3) is 3.03. The highest BCUT2D eigenvalue weighted by Crippen LogP contribution is 2.26. The Bertz CT molecular complexity index is 895. The summed E-state index contributed by atoms with van der Waals surface area (Å²) in [6.07, 6.45) is 0. The van der Waals surface area contributed by atoms with Crippen LogP contribution in [-0.2, 0) is 4.74 Å². The van der Waals surface area contributed by atoms with Crippen LogP contribution in [0.5, 0.6) is 0 Å². The molecule has 0 unspecified atom stereocenters. The maximum atomic E-state index is 13.1. The largest absolute Gasteiger partial charge is 0.465 e. The molecule has 0 aliphatic rings. The normalized spacial score (nSPS) is 10.6. The Morgan fingerprint density at radius 1 is 1.17 bits per heavy atom. The van der Waals surface area contributed by atoms with Crippen molar-refractivity contribution in [2.24, 2.45) is 0 Å². The van der Waals surface area contributed by atoms with Crippen LogP contribution in [0.1, 0.15) is 17.3 Å². The first-order chi connectivity index (χ1) is 11.6. The number of fused-ring (bicyclic) bond motifs is 1. The molecule has 0 bridgehead atoms. The summed E-state index contributed by atoms with van der Waals surface area (Å²) in [4.78, 5) is 20.8. The fraction of sp³-hybridized carbons (Fsp3) is 0.167. The molecule has 0 radical (unpaired) electrons. The van der Waals surface area contributed by atoms with Crippen LogP contribution in [0.15, 0.2) is 42.5 Å². The zero-order valence-corrected chi connectivity index (χ0v) is 13.3. The molecule has 0 aliphatic carbocycles. The second kappa shape index (κ2) is 6.62. The minimum atomic E-state index is -0.427. The van der Waals surface area contributed by atoms with E-state index in [4.69, 9.17) is 4.74 Å². The average molecular weight is 325 g/mol. The van der Waals surface area contributed by atoms with Crippen molar-refractivity contribution in [1.82, 2.24) is 9.97 Å². The summed E-state index contributed by atoms with van der Waals surface area (Å²) < 4.78 is 17.9. The Labute approximate surface area is 138 Å². The minimum absolute atomic E-state index is 0.320. The van der Waals surface area contributed by atoms with Crippen LogP contribution in [0, 0.1) is 5.82 Å². The molecule has 0 aliphatic heterocycles. The van der Waals surface area contributed by atoms with Crippen LogP contribution in [0.3, 0.4) is 0 Å². The topological polar surface area (TPSA) is 64.1 Å². The smallest absolute Gasteiger partial charge is 0.337 e. The molecule has 6 heteroatoms. The third-order valence-corrected chi connectivity index (χ3v) is 3.56. The average Bonchev–Trinajstić information content (AvgIpc) is 2.61. The summed E-state index contributed by atoms with van der Waals surface area (Å²) in [7, 11) is 1.33. The van der Waals surface area contributed by atoms with Crippen LogP contribution < -0.4 is 5.32 Å². The van der Waals surface area contributed by atoms with Gasteiger partial charge < -0.3 is 10.1 Å². The number of hydrogen-bond acceptors (Lipinski definition) is 5. The Morgan fingerprint density at radius 3 is 2.58 bits per heavy atom. The third-order valence-electron chi connectivity index (χ3n) is 3.56. The summed E-state index contributed by atoms with van der Waals surface area (Å²) in [6, 6.07) is 11.1. The summed E-state index contributed by atoms with van der Waals surface area (Å²) in [6.45, 7) is 2.65. The van der Waals surface area contributed by atoms with Crippen LogP contribution in [-0.4, -0.2) is 29.6 Å². The van der Waals surface area contributed by atoms with Crippen LogP contribution in [0.2, 0.25) is 0 Å². The Hall–Kier alpha value is -3.02. The van der Waals surface area contributed by atoms with Crippen molar-refractivity contribution >= 4 is 22.7 Å². The second-order valence-electron chi connectivity index (χ2n) is 5.16. The fourth-order valence-corrected chi connectivity index (χ4v) is 2.40. The number of rotatable bonds is 4. The molecular formula is C18H16FN3O2. The van der Waals surface area contributed by atoms with Crippen molar-refractivity contribution in [2.45, 2.75) is 6.92 Å². The number of anilines is 1. The summed E-state index contributed by atoms with van der Waals surface area (Å²) in [5.41, 5.74) is 1.72. The summed E-state index contributed by atoms with van der Waals surface area (Å²) in [5.74, 6) is 0.377. The molecule has 122 valence electrons. The van der Waals surface area contributed by atoms with Crippen LogP contribution >= 0.6 is 0 Å². The Kier molecular flexibility index (Phi) is 4.37. The first-order valence-corrected chi connectivity index (χ1v) is 7.52. The molecule has 1 N–H and O–H groups in total. The van der Waals surface area contributed by atoms with Gasteiger partial charge in [-0.2, -0.15) is 0 Å². The van der Waals surface area contributed by atoms with Crippen LogP contribution in [0.4, 0.5) is 10.2 Å². The van der Waals surface area contributed by atoms with E-state index in [1.165, 1.54) is 19.2 Å². The van der Waals surface area contributed by atoms with Gasteiger partial charge in [-0.1, -0.05) is 0 Å². The molecule has 1 heterocycles. The summed E-state index contributed by atoms with van der Waals surface area (Å²) in [5, 5.41) is 3.99. The molecule has 3 rings (SSSR count). The van der Waals surface area contributed by atoms with Gasteiger partial charge in [0.2, 0.25) is 0 Å². The van der Waals surface area contributed by atoms with Gasteiger partial charge in [0.25, 0.3) is 0 Å². The number of aromatic nitrogens is 2. The molecular weight excluding hydrogens is 309 g/mol. The maximum Gasteiger partial charge on any atom is 0.337 e. The number of esters is 1. The molecule has 1 aromatic heterocycles. The van der Waals surface area contributed by atoms with Gasteiger partial charge in [-0.05, 0) is 49.4 Å². The molecule has 2 aromatic carbocycles. The molecule has 0 spiro atoms. The quantitative estimate of drug-likeness (QED) is 0.742. The number of carbonyl (C=O) groups excluding carboxylic acids is 1. The molecule has 0 fully saturated rings. The molecule has 5 nitrogen and oxygen atoms in total. The lowest BCUT2D eigenvalue weighted by Gasteiger charge is -2.10. The van der Waals surface area contributed by atoms with Gasteiger partial charge >= 0.3 is 5.97 Å². The number of carbonyl (C=O) groups is 1. The van der Waals surface area contributed by atoms with Gasteiger partial charge in [-0.15, -0.1) is 0 Å². The van der Waals surface area contributed by atoms with E-state index in [0.29, 0.717) is 34.8 Å². The fourth-order valence-electron chi connectivity index (χ4n) is 2.40. The molecule has 3 aromatic rings. The molecule has 24 heavy (non-hydrogen) atoms. The van der Waals surface area contributed by atoms with Crippen molar-refractivity contribution < 1.29 is 13.9 Å². The van der Waals surface area contributed by atoms with Gasteiger partial charge in [0.15, 0.2) is 5.82 Å². The number of methoxy groups -OCH3 is 1. The maximum absolute atomic E-state index is 13.1. The van der Waals surface area contributed by atoms with Gasteiger partial charge in [0, 0.05) is 17.5 Å². The number of benzene rings is 2. The van der Waals surface area contributed by atoms with Gasteiger partial charge in [-0.3, -0.25) is 0 Å². The first kappa shape index (κ1) is 15.9. The first-order valence-electron chi connectivity index (χ1n) is 7.52. The van der Waals surface area contributed by atoms with E-state index < -0.39 is 5.97 Å². The monoisotopic (exact) mass is 325 g/mol. The second-order valence-corrected chi connectivity index (χ2v) is 5.16. The van der Waals surface area contributed by atoms with Crippen molar-refractivity contribution in [3.63, 3.8) is 0 Å². The van der Waals surface area contributed by atoms with E-state index in [1.54, 1.807) is 30.3 Å². The Morgan fingerprint density at radius 2 is 1.92 bits per heavy atom. The zero-order valence-electron chi connectivity index (χ0n) is 13.3. The zero-order chi connectivity index (χ0) is 17.1. The van der Waals surface area contributed by atoms with Crippen molar-refractivity contribution in [3.05, 3.63) is 53.8 Å². The molecule has 0 amide bonds. The standard InChI is InChI=1S/C18H16FN3O2/c1-3-20-17-14-9-6-12(18(23)24-2)10-15(14)21-16(22-17)11-4-7-13(19)8-5-11/h4-10H,3H2,1-2H3,(H,20,21,22). The lowest BCUT2D eigenvalue weighted by molar-refractivity contribution is 0.0601. The van der Waals surface area contributed by atoms with Crippen molar-refractivity contribution in [3.8, 4) is 11.4 Å². The van der Waals surface area contributed by atoms with E-state index in [9.17, 15) is 9.18 Å². The van der Waals surface area contributed by atoms with Gasteiger partial charge in [-0.25, -0.2) is 19.2 Å². The highest BCUT2D eigenvalue weighted by atomic mass is 19.1. The molecule has 0 saturated carbocycles. The minimum Gasteiger partial charge on any atom is -0.465 e. The number of hydrogen-bond donors (Lipinski definition) is 1. The van der Waals surface area contributed by atoms with Gasteiger partial charge in [0.05, 0.1) is 18.2 Å². The lowest BCUT2D eigenvalue weighted by Crippen LogP contribution is -2.05. The summed E-state index contributed by atoms with van der Waals surface area (Å²) >= 11 is 0. The predicted octanol–water partition coefficient (Wildman–Crippen LogP) is 3.65. The predicted molar refractivity (Wildman–Crippen MR) is 90.4 cm³/mol. The van der Waals surface area contributed by atoms with Gasteiger partial charge in [0.1, 0.15) is 11.6 Å². The number of nitrogens with zero attached hydrogens (tertiary/aromatic N) is 2. The van der Waals surface area contributed by atoms with E-state index >= 15 is 0 Å². The highest BCUT2D eigenvalue weighted by molar-refractivity contribution is 5.97. The molecule has 0 saturated heterocycles. The van der Waals surface area contributed by atoms with E-state index in [0.717, 1.165) is 5.39 Å². The van der Waals surface area contributed by atoms with Crippen molar-refractivity contribution in [1.29, 1.82) is 0 Å². The molecule has 0 atom stereocenters. The number of nitrogens with one attached hydrogen (secondary N) is 1. The van der Waals surface area contributed by atoms with E-state index in [1.807, 2.05) is 6.92 Å². The van der Waals surface area contributed by atoms with E-state index in [-0.39, 0.29) is 5.82 Å².